The summed E-state index contributed by atoms with van der Waals surface area (Å²) in [6, 6.07) is 11.5. The normalized spacial score (nSPS) is 10.3. The molecule has 0 aliphatic rings. The fraction of sp³-hybridized carbons (Fsp3) is 0.222. The maximum atomic E-state index is 13.0. The average Bonchev–Trinajstić information content (AvgIpc) is 2.46. The predicted molar refractivity (Wildman–Crippen MR) is 84.8 cm³/mol. The number of hydrogen-bond acceptors (Lipinski definition) is 3. The number of nitrogens with one attached hydrogen (secondary N) is 1. The number of ketones is 2. The lowest BCUT2D eigenvalue weighted by Gasteiger charge is -2.10. The second kappa shape index (κ2) is 6.98. The van der Waals surface area contributed by atoms with E-state index >= 15 is 0 Å². The van der Waals surface area contributed by atoms with Gasteiger partial charge in [0, 0.05) is 17.7 Å². The lowest BCUT2D eigenvalue weighted by atomic mass is 10.00. The summed E-state index contributed by atoms with van der Waals surface area (Å²) in [6.45, 7) is 3.41. The lowest BCUT2D eigenvalue weighted by Crippen LogP contribution is -2.17. The van der Waals surface area contributed by atoms with E-state index in [1.54, 1.807) is 31.2 Å². The van der Waals surface area contributed by atoms with Gasteiger partial charge in [0.2, 0.25) is 0 Å². The first-order chi connectivity index (χ1) is 10.5. The van der Waals surface area contributed by atoms with Crippen molar-refractivity contribution in [3.63, 3.8) is 0 Å². The monoisotopic (exact) mass is 299 g/mol. The first kappa shape index (κ1) is 15.9. The summed E-state index contributed by atoms with van der Waals surface area (Å²) in [5.74, 6) is -0.382. The molecule has 3 nitrogen and oxygen atoms in total. The Balaban J connectivity index is 2.00. The van der Waals surface area contributed by atoms with Crippen LogP contribution in [0.3, 0.4) is 0 Å². The Kier molecular flexibility index (Phi) is 5.04. The quantitative estimate of drug-likeness (QED) is 0.830. The molecule has 0 atom stereocenters. The molecule has 22 heavy (non-hydrogen) atoms. The number of benzene rings is 2. The Morgan fingerprint density at radius 1 is 1.14 bits per heavy atom. The van der Waals surface area contributed by atoms with Gasteiger partial charge in [0.05, 0.1) is 6.54 Å². The zero-order chi connectivity index (χ0) is 16.1. The van der Waals surface area contributed by atoms with Gasteiger partial charge in [-0.15, -0.1) is 0 Å². The van der Waals surface area contributed by atoms with Crippen LogP contribution in [0, 0.1) is 12.7 Å². The topological polar surface area (TPSA) is 46.2 Å². The minimum absolute atomic E-state index is 0.0302. The summed E-state index contributed by atoms with van der Waals surface area (Å²) < 4.78 is 13.0. The molecule has 0 saturated heterocycles. The van der Waals surface area contributed by atoms with Crippen molar-refractivity contribution in [2.45, 2.75) is 20.3 Å². The highest BCUT2D eigenvalue weighted by atomic mass is 19.1. The molecule has 2 aromatic rings. The molecule has 114 valence electrons. The van der Waals surface area contributed by atoms with Gasteiger partial charge in [0.15, 0.2) is 11.6 Å². The van der Waals surface area contributed by atoms with E-state index in [1.807, 2.05) is 6.07 Å². The summed E-state index contributed by atoms with van der Waals surface area (Å²) in [4.78, 5) is 23.6. The third kappa shape index (κ3) is 4.01. The number of aryl methyl sites for hydroxylation is 1. The van der Waals surface area contributed by atoms with Crippen molar-refractivity contribution in [2.24, 2.45) is 0 Å². The Morgan fingerprint density at radius 3 is 2.55 bits per heavy atom. The summed E-state index contributed by atoms with van der Waals surface area (Å²) in [7, 11) is 0. The van der Waals surface area contributed by atoms with Crippen LogP contribution in [0.5, 0.6) is 0 Å². The molecule has 0 aromatic heterocycles. The molecule has 2 aromatic carbocycles. The molecule has 0 spiro atoms. The van der Waals surface area contributed by atoms with Gasteiger partial charge in [0.1, 0.15) is 5.82 Å². The van der Waals surface area contributed by atoms with Crippen molar-refractivity contribution in [1.29, 1.82) is 0 Å². The zero-order valence-corrected chi connectivity index (χ0v) is 12.7. The Morgan fingerprint density at radius 2 is 1.86 bits per heavy atom. The van der Waals surface area contributed by atoms with Crippen LogP contribution in [0.15, 0.2) is 42.5 Å². The molecule has 0 aliphatic heterocycles. The van der Waals surface area contributed by atoms with E-state index in [4.69, 9.17) is 0 Å². The molecular formula is C18H18FNO2. The largest absolute Gasteiger partial charge is 0.378 e. The van der Waals surface area contributed by atoms with Gasteiger partial charge in [-0.2, -0.15) is 0 Å². The maximum Gasteiger partial charge on any atom is 0.160 e. The van der Waals surface area contributed by atoms with Crippen molar-refractivity contribution in [3.05, 3.63) is 65.0 Å². The average molecular weight is 299 g/mol. The summed E-state index contributed by atoms with van der Waals surface area (Å²) in [6.07, 6.45) is 0.197. The van der Waals surface area contributed by atoms with Gasteiger partial charge in [-0.1, -0.05) is 24.3 Å². The molecule has 2 rings (SSSR count). The van der Waals surface area contributed by atoms with Crippen molar-refractivity contribution in [2.75, 3.05) is 11.9 Å². The summed E-state index contributed by atoms with van der Waals surface area (Å²) in [5.41, 5.74) is 2.79. The highest BCUT2D eigenvalue weighted by molar-refractivity contribution is 5.97. The molecule has 0 bridgehead atoms. The first-order valence-electron chi connectivity index (χ1n) is 7.08. The molecule has 0 radical (unpaired) electrons. The van der Waals surface area contributed by atoms with Crippen molar-refractivity contribution < 1.29 is 14.0 Å². The van der Waals surface area contributed by atoms with E-state index < -0.39 is 0 Å². The van der Waals surface area contributed by atoms with E-state index in [0.29, 0.717) is 5.56 Å². The van der Waals surface area contributed by atoms with Gasteiger partial charge in [0.25, 0.3) is 0 Å². The molecule has 4 heteroatoms. The second-order valence-corrected chi connectivity index (χ2v) is 5.24. The Bertz CT molecular complexity index is 710. The van der Waals surface area contributed by atoms with Gasteiger partial charge in [-0.3, -0.25) is 9.59 Å². The van der Waals surface area contributed by atoms with Crippen molar-refractivity contribution in [3.8, 4) is 0 Å². The predicted octanol–water partition coefficient (Wildman–Crippen LogP) is 3.56. The van der Waals surface area contributed by atoms with Crippen LogP contribution in [-0.4, -0.2) is 18.1 Å². The number of carbonyl (C=O) groups is 2. The second-order valence-electron chi connectivity index (χ2n) is 5.24. The first-order valence-corrected chi connectivity index (χ1v) is 7.08. The van der Waals surface area contributed by atoms with Gasteiger partial charge in [-0.05, 0) is 43.2 Å². The number of carbonyl (C=O) groups excluding carboxylic acids is 2. The Hall–Kier alpha value is -2.49. The molecule has 0 amide bonds. The summed E-state index contributed by atoms with van der Waals surface area (Å²) in [5, 5.41) is 3.01. The SMILES string of the molecule is CC(=O)c1ccccc1CC(=O)CNc1ccc(F)cc1C. The smallest absolute Gasteiger partial charge is 0.160 e. The summed E-state index contributed by atoms with van der Waals surface area (Å²) >= 11 is 0. The third-order valence-corrected chi connectivity index (χ3v) is 3.45. The molecular weight excluding hydrogens is 281 g/mol. The van der Waals surface area contributed by atoms with Crippen molar-refractivity contribution >= 4 is 17.3 Å². The lowest BCUT2D eigenvalue weighted by molar-refractivity contribution is -0.116. The minimum Gasteiger partial charge on any atom is -0.378 e. The number of hydrogen-bond donors (Lipinski definition) is 1. The van der Waals surface area contributed by atoms with E-state index in [2.05, 4.69) is 5.32 Å². The van der Waals surface area contributed by atoms with Gasteiger partial charge >= 0.3 is 0 Å². The van der Waals surface area contributed by atoms with Crippen LogP contribution in [0.2, 0.25) is 0 Å². The Labute approximate surface area is 129 Å². The molecule has 0 saturated carbocycles. The van der Waals surface area contributed by atoms with Crippen LogP contribution in [0.25, 0.3) is 0 Å². The molecule has 0 unspecified atom stereocenters. The highest BCUT2D eigenvalue weighted by Gasteiger charge is 2.11. The zero-order valence-electron chi connectivity index (χ0n) is 12.7. The fourth-order valence-electron chi connectivity index (χ4n) is 2.31. The van der Waals surface area contributed by atoms with Crippen LogP contribution in [0.1, 0.15) is 28.4 Å². The molecule has 0 aliphatic carbocycles. The van der Waals surface area contributed by atoms with Crippen LogP contribution >= 0.6 is 0 Å². The van der Waals surface area contributed by atoms with E-state index in [0.717, 1.165) is 16.8 Å². The minimum atomic E-state index is -0.301. The third-order valence-electron chi connectivity index (χ3n) is 3.45. The van der Waals surface area contributed by atoms with Crippen molar-refractivity contribution in [1.82, 2.24) is 0 Å². The number of anilines is 1. The van der Waals surface area contributed by atoms with E-state index in [1.165, 1.54) is 19.1 Å². The van der Waals surface area contributed by atoms with E-state index in [9.17, 15) is 14.0 Å². The fourth-order valence-corrected chi connectivity index (χ4v) is 2.31. The number of Topliss-reactive ketones (excluding diaryl/α,β-unsaturated/α-hetero) is 2. The van der Waals surface area contributed by atoms with Gasteiger partial charge < -0.3 is 5.32 Å². The maximum absolute atomic E-state index is 13.0. The van der Waals surface area contributed by atoms with E-state index in [-0.39, 0.29) is 30.3 Å². The molecule has 0 fully saturated rings. The van der Waals surface area contributed by atoms with Crippen LogP contribution < -0.4 is 5.32 Å². The van der Waals surface area contributed by atoms with Gasteiger partial charge in [-0.25, -0.2) is 4.39 Å². The number of halogens is 1. The number of rotatable bonds is 6. The van der Waals surface area contributed by atoms with Crippen LogP contribution in [-0.2, 0) is 11.2 Å². The van der Waals surface area contributed by atoms with Crippen LogP contribution in [0.4, 0.5) is 10.1 Å². The highest BCUT2D eigenvalue weighted by Crippen LogP contribution is 2.16. The molecule has 0 heterocycles. The molecule has 1 N–H and O–H groups in total. The standard InChI is InChI=1S/C18H18FNO2/c1-12-9-15(19)7-8-18(12)20-11-16(22)10-14-5-3-4-6-17(14)13(2)21/h3-9,20H,10-11H2,1-2H3.